The summed E-state index contributed by atoms with van der Waals surface area (Å²) in [6, 6.07) is 19.4. The van der Waals surface area contributed by atoms with Crippen LogP contribution in [0.1, 0.15) is 31.8 Å². The number of imide groups is 1. The van der Waals surface area contributed by atoms with E-state index in [2.05, 4.69) is 22.3 Å². The second kappa shape index (κ2) is 8.43. The molecule has 0 fully saturated rings. The Kier molecular flexibility index (Phi) is 5.29. The summed E-state index contributed by atoms with van der Waals surface area (Å²) < 4.78 is 0. The van der Waals surface area contributed by atoms with E-state index >= 15 is 0 Å². The standard InChI is InChI=1S/C25H20N4O5/c30-22(15-28-24(31)18-8-5-11-21(29(33)34)23(18)25(28)32)26-19-9-3-1-7-17(19)14-27-13-12-16-6-2-4-10-20(16)27/h1-11H,12-15H2,(H,26,30). The smallest absolute Gasteiger partial charge is 0.282 e. The molecule has 0 saturated heterocycles. The number of rotatable bonds is 6. The molecule has 0 radical (unpaired) electrons. The van der Waals surface area contributed by atoms with Gasteiger partial charge in [0, 0.05) is 30.5 Å². The van der Waals surface area contributed by atoms with Crippen LogP contribution < -0.4 is 10.2 Å². The van der Waals surface area contributed by atoms with Gasteiger partial charge in [-0.3, -0.25) is 29.4 Å². The number of nitrogens with zero attached hydrogens (tertiary/aromatic N) is 3. The number of hydrogen-bond acceptors (Lipinski definition) is 6. The largest absolute Gasteiger partial charge is 0.367 e. The van der Waals surface area contributed by atoms with E-state index < -0.39 is 34.9 Å². The third-order valence-corrected chi connectivity index (χ3v) is 6.11. The highest BCUT2D eigenvalue weighted by Crippen LogP contribution is 2.32. The van der Waals surface area contributed by atoms with Crippen molar-refractivity contribution in [3.63, 3.8) is 0 Å². The zero-order chi connectivity index (χ0) is 23.8. The fraction of sp³-hybridized carbons (Fsp3) is 0.160. The van der Waals surface area contributed by atoms with E-state index in [1.807, 2.05) is 24.3 Å². The van der Waals surface area contributed by atoms with Crippen LogP contribution in [0.3, 0.4) is 0 Å². The summed E-state index contributed by atoms with van der Waals surface area (Å²) in [7, 11) is 0. The van der Waals surface area contributed by atoms with Crippen molar-refractivity contribution in [1.29, 1.82) is 0 Å². The molecule has 3 aromatic carbocycles. The first-order valence-electron chi connectivity index (χ1n) is 10.8. The molecular formula is C25H20N4O5. The van der Waals surface area contributed by atoms with Gasteiger partial charge >= 0.3 is 0 Å². The Morgan fingerprint density at radius 1 is 0.971 bits per heavy atom. The van der Waals surface area contributed by atoms with Crippen LogP contribution in [0.25, 0.3) is 0 Å². The van der Waals surface area contributed by atoms with Crippen molar-refractivity contribution in [3.05, 3.63) is 99.1 Å². The monoisotopic (exact) mass is 456 g/mol. The van der Waals surface area contributed by atoms with E-state index in [9.17, 15) is 24.5 Å². The van der Waals surface area contributed by atoms with Crippen molar-refractivity contribution >= 4 is 34.8 Å². The van der Waals surface area contributed by atoms with Gasteiger partial charge in [0.2, 0.25) is 5.91 Å². The number of hydrogen-bond donors (Lipinski definition) is 1. The van der Waals surface area contributed by atoms with Gasteiger partial charge in [0.1, 0.15) is 12.1 Å². The molecule has 2 aliphatic rings. The maximum absolute atomic E-state index is 12.8. The number of anilines is 2. The third kappa shape index (κ3) is 3.66. The molecule has 0 unspecified atom stereocenters. The van der Waals surface area contributed by atoms with Crippen molar-refractivity contribution in [2.75, 3.05) is 23.3 Å². The van der Waals surface area contributed by atoms with E-state index in [1.54, 1.807) is 12.1 Å². The molecule has 0 aliphatic carbocycles. The van der Waals surface area contributed by atoms with Crippen LogP contribution in [-0.2, 0) is 17.8 Å². The van der Waals surface area contributed by atoms with Crippen molar-refractivity contribution in [2.24, 2.45) is 0 Å². The van der Waals surface area contributed by atoms with Gasteiger partial charge in [0.05, 0.1) is 10.5 Å². The molecule has 3 amide bonds. The highest BCUT2D eigenvalue weighted by atomic mass is 16.6. The first kappa shape index (κ1) is 21.3. The summed E-state index contributed by atoms with van der Waals surface area (Å²) >= 11 is 0. The Hall–Kier alpha value is -4.53. The minimum Gasteiger partial charge on any atom is -0.367 e. The molecule has 0 aromatic heterocycles. The van der Waals surface area contributed by atoms with Gasteiger partial charge in [-0.15, -0.1) is 0 Å². The van der Waals surface area contributed by atoms with Gasteiger partial charge in [0.25, 0.3) is 17.5 Å². The molecule has 170 valence electrons. The highest BCUT2D eigenvalue weighted by Gasteiger charge is 2.41. The molecule has 1 N–H and O–H groups in total. The van der Waals surface area contributed by atoms with E-state index in [1.165, 1.54) is 23.8 Å². The average molecular weight is 456 g/mol. The molecule has 9 nitrogen and oxygen atoms in total. The maximum atomic E-state index is 12.8. The average Bonchev–Trinajstić information content (AvgIpc) is 3.35. The van der Waals surface area contributed by atoms with Crippen molar-refractivity contribution in [2.45, 2.75) is 13.0 Å². The summed E-state index contributed by atoms with van der Waals surface area (Å²) in [5.41, 5.74) is 3.12. The Labute approximate surface area is 194 Å². The molecule has 0 atom stereocenters. The minimum atomic E-state index is -0.843. The molecule has 3 aromatic rings. The number of amides is 3. The van der Waals surface area contributed by atoms with Crippen LogP contribution in [0.2, 0.25) is 0 Å². The van der Waals surface area contributed by atoms with Gasteiger partial charge in [-0.1, -0.05) is 42.5 Å². The predicted molar refractivity (Wildman–Crippen MR) is 125 cm³/mol. The SMILES string of the molecule is O=C(CN1C(=O)c2cccc([N+](=O)[O-])c2C1=O)Nc1ccccc1CN1CCc2ccccc21. The minimum absolute atomic E-state index is 0.0694. The fourth-order valence-electron chi connectivity index (χ4n) is 4.50. The lowest BCUT2D eigenvalue weighted by atomic mass is 10.1. The third-order valence-electron chi connectivity index (χ3n) is 6.11. The predicted octanol–water partition coefficient (Wildman–Crippen LogP) is 3.39. The topological polar surface area (TPSA) is 113 Å². The lowest BCUT2D eigenvalue weighted by Gasteiger charge is -2.22. The molecule has 0 bridgehead atoms. The highest BCUT2D eigenvalue weighted by molar-refractivity contribution is 6.24. The molecule has 9 heteroatoms. The summed E-state index contributed by atoms with van der Waals surface area (Å²) in [6.07, 6.45) is 0.955. The number of carbonyl (C=O) groups excluding carboxylic acids is 3. The lowest BCUT2D eigenvalue weighted by Crippen LogP contribution is -2.37. The molecular weight excluding hydrogens is 436 g/mol. The van der Waals surface area contributed by atoms with E-state index in [-0.39, 0.29) is 11.1 Å². The number of para-hydroxylation sites is 2. The first-order chi connectivity index (χ1) is 16.4. The molecule has 2 heterocycles. The van der Waals surface area contributed by atoms with Crippen LogP contribution in [0.5, 0.6) is 0 Å². The van der Waals surface area contributed by atoms with E-state index in [0.29, 0.717) is 12.2 Å². The van der Waals surface area contributed by atoms with Crippen molar-refractivity contribution < 1.29 is 19.3 Å². The number of nitro benzene ring substituents is 1. The molecule has 34 heavy (non-hydrogen) atoms. The number of nitro groups is 1. The molecule has 2 aliphatic heterocycles. The zero-order valence-electron chi connectivity index (χ0n) is 18.1. The Bertz CT molecular complexity index is 1350. The van der Waals surface area contributed by atoms with Crippen LogP contribution in [0.4, 0.5) is 17.1 Å². The zero-order valence-corrected chi connectivity index (χ0v) is 18.1. The maximum Gasteiger partial charge on any atom is 0.282 e. The van der Waals surface area contributed by atoms with Gasteiger partial charge in [0.15, 0.2) is 0 Å². The fourth-order valence-corrected chi connectivity index (χ4v) is 4.50. The van der Waals surface area contributed by atoms with E-state index in [0.717, 1.165) is 29.1 Å². The second-order valence-electron chi connectivity index (χ2n) is 8.16. The summed E-state index contributed by atoms with van der Waals surface area (Å²) in [4.78, 5) is 51.8. The second-order valence-corrected chi connectivity index (χ2v) is 8.16. The Balaban J connectivity index is 1.32. The Morgan fingerprint density at radius 3 is 2.56 bits per heavy atom. The van der Waals surface area contributed by atoms with Gasteiger partial charge in [-0.2, -0.15) is 0 Å². The Morgan fingerprint density at radius 2 is 1.74 bits per heavy atom. The van der Waals surface area contributed by atoms with Crippen LogP contribution in [0, 0.1) is 10.1 Å². The van der Waals surface area contributed by atoms with Gasteiger partial charge < -0.3 is 10.2 Å². The molecule has 0 spiro atoms. The first-order valence-corrected chi connectivity index (χ1v) is 10.8. The summed E-state index contributed by atoms with van der Waals surface area (Å²) in [5.74, 6) is -2.13. The molecule has 5 rings (SSSR count). The van der Waals surface area contributed by atoms with Crippen LogP contribution in [0.15, 0.2) is 66.7 Å². The molecule has 0 saturated carbocycles. The summed E-state index contributed by atoms with van der Waals surface area (Å²) in [5, 5.41) is 14.1. The van der Waals surface area contributed by atoms with Gasteiger partial charge in [-0.25, -0.2) is 0 Å². The lowest BCUT2D eigenvalue weighted by molar-refractivity contribution is -0.385. The van der Waals surface area contributed by atoms with Crippen molar-refractivity contribution in [1.82, 2.24) is 4.90 Å². The normalized spacial score (nSPS) is 14.2. The van der Waals surface area contributed by atoms with Crippen LogP contribution >= 0.6 is 0 Å². The number of carbonyl (C=O) groups is 3. The summed E-state index contributed by atoms with van der Waals surface area (Å²) in [6.45, 7) is 0.923. The van der Waals surface area contributed by atoms with Crippen molar-refractivity contribution in [3.8, 4) is 0 Å². The van der Waals surface area contributed by atoms with E-state index in [4.69, 9.17) is 0 Å². The number of fused-ring (bicyclic) bond motifs is 2. The van der Waals surface area contributed by atoms with Gasteiger partial charge in [-0.05, 0) is 35.7 Å². The number of nitrogens with one attached hydrogen (secondary N) is 1. The van der Waals surface area contributed by atoms with Crippen LogP contribution in [-0.4, -0.2) is 40.6 Å². The number of benzene rings is 3. The quantitative estimate of drug-likeness (QED) is 0.346.